The van der Waals surface area contributed by atoms with E-state index in [2.05, 4.69) is 20.8 Å². The van der Waals surface area contributed by atoms with Gasteiger partial charge in [0.05, 0.1) is 6.10 Å². The van der Waals surface area contributed by atoms with E-state index in [0.717, 1.165) is 25.3 Å². The molecule has 0 aromatic heterocycles. The molecule has 68 valence electrons. The molecule has 0 spiro atoms. The molecule has 2 heteroatoms. The summed E-state index contributed by atoms with van der Waals surface area (Å²) in [5.41, 5.74) is 0. The first-order valence-corrected chi connectivity index (χ1v) is 4.91. The smallest absolute Gasteiger partial charge is 0.0518 e. The van der Waals surface area contributed by atoms with Crippen molar-refractivity contribution in [1.82, 2.24) is 0 Å². The molecule has 0 N–H and O–H groups in total. The van der Waals surface area contributed by atoms with E-state index in [1.165, 1.54) is 0 Å². The van der Waals surface area contributed by atoms with Gasteiger partial charge in [0, 0.05) is 12.5 Å². The summed E-state index contributed by atoms with van der Waals surface area (Å²) in [6, 6.07) is 0. The maximum absolute atomic E-state index is 5.73. The fraction of sp³-hybridized carbons (Fsp3) is 1.00. The van der Waals surface area contributed by atoms with E-state index in [0.29, 0.717) is 12.0 Å². The van der Waals surface area contributed by atoms with Gasteiger partial charge in [-0.3, -0.25) is 0 Å². The van der Waals surface area contributed by atoms with Gasteiger partial charge >= 0.3 is 0 Å². The number of halogens is 1. The third kappa shape index (κ3) is 6.64. The molecule has 11 heavy (non-hydrogen) atoms. The number of alkyl halides is 1. The lowest BCUT2D eigenvalue weighted by Crippen LogP contribution is -2.09. The third-order valence-corrected chi connectivity index (χ3v) is 2.21. The van der Waals surface area contributed by atoms with Crippen molar-refractivity contribution in [2.75, 3.05) is 12.5 Å². The second-order valence-corrected chi connectivity index (χ2v) is 3.45. The van der Waals surface area contributed by atoms with Gasteiger partial charge in [-0.05, 0) is 26.2 Å². The van der Waals surface area contributed by atoms with Crippen molar-refractivity contribution >= 4 is 11.6 Å². The molecule has 0 aromatic carbocycles. The average Bonchev–Trinajstić information content (AvgIpc) is 1.98. The van der Waals surface area contributed by atoms with E-state index >= 15 is 0 Å². The Labute approximate surface area is 75.1 Å². The summed E-state index contributed by atoms with van der Waals surface area (Å²) in [7, 11) is 0. The van der Waals surface area contributed by atoms with Crippen LogP contribution < -0.4 is 0 Å². The van der Waals surface area contributed by atoms with Crippen LogP contribution in [0.2, 0.25) is 0 Å². The van der Waals surface area contributed by atoms with Crippen LogP contribution in [-0.2, 0) is 4.74 Å². The molecule has 0 heterocycles. The van der Waals surface area contributed by atoms with Crippen LogP contribution in [0.3, 0.4) is 0 Å². The molecule has 0 saturated heterocycles. The summed E-state index contributed by atoms with van der Waals surface area (Å²) in [5.74, 6) is 1.40. The molecule has 0 aliphatic heterocycles. The first kappa shape index (κ1) is 11.2. The summed E-state index contributed by atoms with van der Waals surface area (Å²) in [6.07, 6.45) is 2.60. The molecular weight excluding hydrogens is 160 g/mol. The Morgan fingerprint density at radius 3 is 2.36 bits per heavy atom. The number of hydrogen-bond acceptors (Lipinski definition) is 1. The van der Waals surface area contributed by atoms with Crippen LogP contribution in [0.15, 0.2) is 0 Å². The summed E-state index contributed by atoms with van der Waals surface area (Å²) in [6.45, 7) is 7.13. The molecule has 0 saturated carbocycles. The minimum atomic E-state index is 0.350. The van der Waals surface area contributed by atoms with Crippen LogP contribution in [0.25, 0.3) is 0 Å². The van der Waals surface area contributed by atoms with Gasteiger partial charge in [-0.25, -0.2) is 0 Å². The zero-order chi connectivity index (χ0) is 8.69. The lowest BCUT2D eigenvalue weighted by molar-refractivity contribution is 0.0697. The Bertz CT molecular complexity index is 79.6. The Balaban J connectivity index is 3.21. The molecule has 0 amide bonds. The van der Waals surface area contributed by atoms with Crippen LogP contribution in [0.1, 0.15) is 33.6 Å². The highest BCUT2D eigenvalue weighted by atomic mass is 35.5. The van der Waals surface area contributed by atoms with E-state index in [9.17, 15) is 0 Å². The standard InChI is InChI=1S/C9H19ClO/c1-4-9(7-10)5-6-11-8(2)3/h8-9H,4-7H2,1-3H3. The molecular formula is C9H19ClO. The summed E-state index contributed by atoms with van der Waals surface area (Å²) >= 11 is 5.73. The zero-order valence-electron chi connectivity index (χ0n) is 7.77. The van der Waals surface area contributed by atoms with Gasteiger partial charge in [-0.2, -0.15) is 0 Å². The first-order chi connectivity index (χ1) is 5.20. The number of ether oxygens (including phenoxy) is 1. The number of rotatable bonds is 6. The molecule has 1 unspecified atom stereocenters. The Morgan fingerprint density at radius 1 is 1.36 bits per heavy atom. The second kappa shape index (κ2) is 6.93. The first-order valence-electron chi connectivity index (χ1n) is 4.38. The van der Waals surface area contributed by atoms with Crippen LogP contribution in [0.4, 0.5) is 0 Å². The quantitative estimate of drug-likeness (QED) is 0.568. The normalized spacial score (nSPS) is 13.9. The Hall–Kier alpha value is 0.250. The monoisotopic (exact) mass is 178 g/mol. The Kier molecular flexibility index (Phi) is 7.09. The highest BCUT2D eigenvalue weighted by Gasteiger charge is 2.04. The van der Waals surface area contributed by atoms with Crippen molar-refractivity contribution < 1.29 is 4.74 Å². The molecule has 0 fully saturated rings. The molecule has 0 aromatic rings. The minimum Gasteiger partial charge on any atom is -0.379 e. The van der Waals surface area contributed by atoms with Gasteiger partial charge < -0.3 is 4.74 Å². The van der Waals surface area contributed by atoms with Gasteiger partial charge in [-0.15, -0.1) is 11.6 Å². The second-order valence-electron chi connectivity index (χ2n) is 3.14. The molecule has 1 nitrogen and oxygen atoms in total. The van der Waals surface area contributed by atoms with Crippen molar-refractivity contribution in [3.63, 3.8) is 0 Å². The largest absolute Gasteiger partial charge is 0.379 e. The minimum absolute atomic E-state index is 0.350. The zero-order valence-corrected chi connectivity index (χ0v) is 8.53. The van der Waals surface area contributed by atoms with Crippen molar-refractivity contribution in [1.29, 1.82) is 0 Å². The van der Waals surface area contributed by atoms with Crippen molar-refractivity contribution in [3.05, 3.63) is 0 Å². The molecule has 0 aliphatic rings. The van der Waals surface area contributed by atoms with Crippen LogP contribution in [0, 0.1) is 5.92 Å². The maximum Gasteiger partial charge on any atom is 0.0518 e. The van der Waals surface area contributed by atoms with Crippen LogP contribution in [0.5, 0.6) is 0 Å². The molecule has 0 aliphatic carbocycles. The molecule has 1 atom stereocenters. The highest BCUT2D eigenvalue weighted by Crippen LogP contribution is 2.10. The van der Waals surface area contributed by atoms with Crippen molar-refractivity contribution in [3.8, 4) is 0 Å². The van der Waals surface area contributed by atoms with E-state index in [-0.39, 0.29) is 0 Å². The predicted molar refractivity (Wildman–Crippen MR) is 50.2 cm³/mol. The van der Waals surface area contributed by atoms with Crippen LogP contribution in [-0.4, -0.2) is 18.6 Å². The predicted octanol–water partition coefficient (Wildman–Crippen LogP) is 3.07. The van der Waals surface area contributed by atoms with Crippen molar-refractivity contribution in [2.45, 2.75) is 39.7 Å². The topological polar surface area (TPSA) is 9.23 Å². The van der Waals surface area contributed by atoms with E-state index in [1.807, 2.05) is 0 Å². The fourth-order valence-electron chi connectivity index (χ4n) is 0.861. The van der Waals surface area contributed by atoms with Gasteiger partial charge in [0.2, 0.25) is 0 Å². The average molecular weight is 179 g/mol. The summed E-state index contributed by atoms with van der Waals surface area (Å²) < 4.78 is 5.42. The maximum atomic E-state index is 5.73. The van der Waals surface area contributed by atoms with E-state index in [1.54, 1.807) is 0 Å². The SMILES string of the molecule is CCC(CCl)CCOC(C)C. The molecule has 0 bridgehead atoms. The van der Waals surface area contributed by atoms with Crippen LogP contribution >= 0.6 is 11.6 Å². The fourth-order valence-corrected chi connectivity index (χ4v) is 1.23. The Morgan fingerprint density at radius 2 is 2.00 bits per heavy atom. The summed E-state index contributed by atoms with van der Waals surface area (Å²) in [5, 5.41) is 0. The summed E-state index contributed by atoms with van der Waals surface area (Å²) in [4.78, 5) is 0. The lowest BCUT2D eigenvalue weighted by Gasteiger charge is -2.12. The number of hydrogen-bond donors (Lipinski definition) is 0. The third-order valence-electron chi connectivity index (χ3n) is 1.77. The lowest BCUT2D eigenvalue weighted by atomic mass is 10.1. The van der Waals surface area contributed by atoms with Gasteiger partial charge in [0.15, 0.2) is 0 Å². The molecule has 0 rings (SSSR count). The van der Waals surface area contributed by atoms with Gasteiger partial charge in [0.25, 0.3) is 0 Å². The van der Waals surface area contributed by atoms with Crippen molar-refractivity contribution in [2.24, 2.45) is 5.92 Å². The van der Waals surface area contributed by atoms with E-state index in [4.69, 9.17) is 16.3 Å². The van der Waals surface area contributed by atoms with Gasteiger partial charge in [0.1, 0.15) is 0 Å². The highest BCUT2D eigenvalue weighted by molar-refractivity contribution is 6.18. The van der Waals surface area contributed by atoms with E-state index < -0.39 is 0 Å². The molecule has 0 radical (unpaired) electrons. The van der Waals surface area contributed by atoms with Gasteiger partial charge in [-0.1, -0.05) is 13.3 Å².